The number of hydrogen-bond acceptors (Lipinski definition) is 2. The van der Waals surface area contributed by atoms with E-state index in [1.807, 2.05) is 25.1 Å². The van der Waals surface area contributed by atoms with Gasteiger partial charge in [0.15, 0.2) is 0 Å². The minimum atomic E-state index is 0.560. The minimum Gasteiger partial charge on any atom is -0.489 e. The van der Waals surface area contributed by atoms with Gasteiger partial charge >= 0.3 is 0 Å². The van der Waals surface area contributed by atoms with Crippen LogP contribution >= 0.6 is 0 Å². The summed E-state index contributed by atoms with van der Waals surface area (Å²) in [5, 5.41) is 2.48. The SMILES string of the molecule is Cc1cc(OCc2cccc3ccccc23)ccc1N. The quantitative estimate of drug-likeness (QED) is 0.715. The van der Waals surface area contributed by atoms with Crippen molar-refractivity contribution in [2.75, 3.05) is 5.73 Å². The Bertz CT molecular complexity index is 744. The van der Waals surface area contributed by atoms with Crippen LogP contribution in [0.1, 0.15) is 11.1 Å². The van der Waals surface area contributed by atoms with Crippen LogP contribution in [-0.4, -0.2) is 0 Å². The van der Waals surface area contributed by atoms with Gasteiger partial charge in [0.05, 0.1) is 0 Å². The third kappa shape index (κ3) is 2.45. The third-order valence-electron chi connectivity index (χ3n) is 3.52. The van der Waals surface area contributed by atoms with Crippen LogP contribution in [0.5, 0.6) is 5.75 Å². The molecule has 0 saturated carbocycles. The fourth-order valence-corrected chi connectivity index (χ4v) is 2.32. The number of anilines is 1. The van der Waals surface area contributed by atoms with Gasteiger partial charge in [0.25, 0.3) is 0 Å². The summed E-state index contributed by atoms with van der Waals surface area (Å²) in [5.74, 6) is 0.852. The fourth-order valence-electron chi connectivity index (χ4n) is 2.32. The maximum atomic E-state index is 5.88. The Balaban J connectivity index is 1.85. The average Bonchev–Trinajstić information content (AvgIpc) is 2.48. The van der Waals surface area contributed by atoms with E-state index >= 15 is 0 Å². The summed E-state index contributed by atoms with van der Waals surface area (Å²) in [6, 6.07) is 20.4. The predicted octanol–water partition coefficient (Wildman–Crippen LogP) is 4.31. The van der Waals surface area contributed by atoms with Crippen LogP contribution in [0.3, 0.4) is 0 Å². The standard InChI is InChI=1S/C18H17NO/c1-13-11-16(9-10-18(13)19)20-12-15-7-4-6-14-5-2-3-8-17(14)15/h2-11H,12,19H2,1H3. The zero-order valence-corrected chi connectivity index (χ0v) is 11.5. The monoisotopic (exact) mass is 263 g/mol. The Hall–Kier alpha value is -2.48. The summed E-state index contributed by atoms with van der Waals surface area (Å²) in [6.07, 6.45) is 0. The molecule has 0 aliphatic carbocycles. The molecule has 0 aromatic heterocycles. The molecule has 0 aliphatic rings. The van der Waals surface area contributed by atoms with Crippen molar-refractivity contribution in [3.05, 3.63) is 71.8 Å². The Kier molecular flexibility index (Phi) is 3.30. The lowest BCUT2D eigenvalue weighted by atomic mass is 10.1. The summed E-state index contributed by atoms with van der Waals surface area (Å²) < 4.78 is 5.88. The van der Waals surface area contributed by atoms with Crippen molar-refractivity contribution in [1.82, 2.24) is 0 Å². The predicted molar refractivity (Wildman–Crippen MR) is 83.9 cm³/mol. The summed E-state index contributed by atoms with van der Waals surface area (Å²) in [5.41, 5.74) is 8.84. The highest BCUT2D eigenvalue weighted by molar-refractivity contribution is 5.85. The topological polar surface area (TPSA) is 35.2 Å². The number of nitrogens with two attached hydrogens (primary N) is 1. The van der Waals surface area contributed by atoms with Crippen molar-refractivity contribution >= 4 is 16.5 Å². The molecule has 0 radical (unpaired) electrons. The maximum Gasteiger partial charge on any atom is 0.120 e. The number of nitrogen functional groups attached to an aromatic ring is 1. The molecule has 0 fully saturated rings. The molecule has 0 aliphatic heterocycles. The number of benzene rings is 3. The van der Waals surface area contributed by atoms with Crippen LogP contribution in [-0.2, 0) is 6.61 Å². The van der Waals surface area contributed by atoms with Gasteiger partial charge in [-0.25, -0.2) is 0 Å². The second-order valence-electron chi connectivity index (χ2n) is 4.95. The zero-order valence-electron chi connectivity index (χ0n) is 11.5. The molecule has 0 unspecified atom stereocenters. The summed E-state index contributed by atoms with van der Waals surface area (Å²) in [7, 11) is 0. The van der Waals surface area contributed by atoms with Gasteiger partial charge in [0.1, 0.15) is 12.4 Å². The van der Waals surface area contributed by atoms with Crippen molar-refractivity contribution < 1.29 is 4.74 Å². The molecule has 0 saturated heterocycles. The highest BCUT2D eigenvalue weighted by Gasteiger charge is 2.02. The van der Waals surface area contributed by atoms with Gasteiger partial charge in [0, 0.05) is 5.69 Å². The Labute approximate surface area is 118 Å². The maximum absolute atomic E-state index is 5.88. The highest BCUT2D eigenvalue weighted by Crippen LogP contribution is 2.22. The third-order valence-corrected chi connectivity index (χ3v) is 3.52. The second-order valence-corrected chi connectivity index (χ2v) is 4.95. The zero-order chi connectivity index (χ0) is 13.9. The first-order chi connectivity index (χ1) is 9.74. The van der Waals surface area contributed by atoms with Crippen molar-refractivity contribution in [2.24, 2.45) is 0 Å². The molecular formula is C18H17NO. The molecule has 3 aromatic rings. The molecule has 0 spiro atoms. The molecule has 2 N–H and O–H groups in total. The second kappa shape index (κ2) is 5.25. The number of ether oxygens (including phenoxy) is 1. The first-order valence-corrected chi connectivity index (χ1v) is 6.69. The van der Waals surface area contributed by atoms with Crippen molar-refractivity contribution in [3.8, 4) is 5.75 Å². The van der Waals surface area contributed by atoms with Crippen molar-refractivity contribution in [3.63, 3.8) is 0 Å². The molecule has 0 atom stereocenters. The lowest BCUT2D eigenvalue weighted by molar-refractivity contribution is 0.307. The summed E-state index contributed by atoms with van der Waals surface area (Å²) in [4.78, 5) is 0. The first kappa shape index (κ1) is 12.5. The lowest BCUT2D eigenvalue weighted by Crippen LogP contribution is -1.97. The lowest BCUT2D eigenvalue weighted by Gasteiger charge is -2.10. The molecule has 2 nitrogen and oxygen atoms in total. The molecule has 100 valence electrons. The molecule has 0 amide bonds. The smallest absolute Gasteiger partial charge is 0.120 e. The Morgan fingerprint density at radius 2 is 1.75 bits per heavy atom. The number of rotatable bonds is 3. The van der Waals surface area contributed by atoms with Crippen molar-refractivity contribution in [2.45, 2.75) is 13.5 Å². The van der Waals surface area contributed by atoms with Gasteiger partial charge in [-0.2, -0.15) is 0 Å². The van der Waals surface area contributed by atoms with Crippen LogP contribution in [0.4, 0.5) is 5.69 Å². The average molecular weight is 263 g/mol. The molecule has 3 rings (SSSR count). The first-order valence-electron chi connectivity index (χ1n) is 6.69. The Morgan fingerprint density at radius 3 is 2.60 bits per heavy atom. The van der Waals surface area contributed by atoms with Crippen LogP contribution in [0.15, 0.2) is 60.7 Å². The molecule has 3 aromatic carbocycles. The van der Waals surface area contributed by atoms with Crippen molar-refractivity contribution in [1.29, 1.82) is 0 Å². The summed E-state index contributed by atoms with van der Waals surface area (Å²) >= 11 is 0. The van der Waals surface area contributed by atoms with Crippen LogP contribution < -0.4 is 10.5 Å². The molecular weight excluding hydrogens is 246 g/mol. The molecule has 2 heteroatoms. The normalized spacial score (nSPS) is 10.7. The molecule has 20 heavy (non-hydrogen) atoms. The van der Waals surface area contributed by atoms with E-state index in [0.29, 0.717) is 6.61 Å². The van der Waals surface area contributed by atoms with Gasteiger partial charge in [-0.3, -0.25) is 0 Å². The Morgan fingerprint density at radius 1 is 0.950 bits per heavy atom. The number of fused-ring (bicyclic) bond motifs is 1. The number of aryl methyl sites for hydroxylation is 1. The van der Waals surface area contributed by atoms with Gasteiger partial charge < -0.3 is 10.5 Å². The van der Waals surface area contributed by atoms with E-state index in [9.17, 15) is 0 Å². The highest BCUT2D eigenvalue weighted by atomic mass is 16.5. The fraction of sp³-hybridized carbons (Fsp3) is 0.111. The van der Waals surface area contributed by atoms with Crippen LogP contribution in [0, 0.1) is 6.92 Å². The minimum absolute atomic E-state index is 0.560. The summed E-state index contributed by atoms with van der Waals surface area (Å²) in [6.45, 7) is 2.55. The van der Waals surface area contributed by atoms with E-state index in [2.05, 4.69) is 42.5 Å². The van der Waals surface area contributed by atoms with Gasteiger partial charge in [-0.1, -0.05) is 42.5 Å². The van der Waals surface area contributed by atoms with E-state index < -0.39 is 0 Å². The van der Waals surface area contributed by atoms with Crippen LogP contribution in [0.2, 0.25) is 0 Å². The van der Waals surface area contributed by atoms with Gasteiger partial charge in [-0.15, -0.1) is 0 Å². The van der Waals surface area contributed by atoms with Gasteiger partial charge in [0.2, 0.25) is 0 Å². The van der Waals surface area contributed by atoms with E-state index in [1.165, 1.54) is 16.3 Å². The van der Waals surface area contributed by atoms with E-state index in [1.54, 1.807) is 0 Å². The van der Waals surface area contributed by atoms with E-state index in [0.717, 1.165) is 17.0 Å². The van der Waals surface area contributed by atoms with Crippen LogP contribution in [0.25, 0.3) is 10.8 Å². The number of hydrogen-bond donors (Lipinski definition) is 1. The van der Waals surface area contributed by atoms with E-state index in [-0.39, 0.29) is 0 Å². The van der Waals surface area contributed by atoms with Gasteiger partial charge in [-0.05, 0) is 47.0 Å². The van der Waals surface area contributed by atoms with E-state index in [4.69, 9.17) is 10.5 Å². The molecule has 0 bridgehead atoms. The molecule has 0 heterocycles. The largest absolute Gasteiger partial charge is 0.489 e.